The Labute approximate surface area is 94.5 Å². The molecule has 0 saturated heterocycles. The van der Waals surface area contributed by atoms with Crippen molar-refractivity contribution >= 4 is 11.8 Å². The molecule has 1 aromatic rings. The van der Waals surface area contributed by atoms with Crippen LogP contribution in [-0.2, 0) is 5.75 Å². The molecule has 2 unspecified atom stereocenters. The van der Waals surface area contributed by atoms with Crippen LogP contribution in [0, 0.1) is 12.7 Å². The molecule has 0 spiro atoms. The van der Waals surface area contributed by atoms with Crippen molar-refractivity contribution in [3.63, 3.8) is 0 Å². The molecule has 1 aliphatic rings. The van der Waals surface area contributed by atoms with E-state index in [1.807, 2.05) is 25.7 Å². The number of halogens is 1. The molecule has 3 heteroatoms. The van der Waals surface area contributed by atoms with Gasteiger partial charge in [-0.15, -0.1) is 0 Å². The second-order valence-corrected chi connectivity index (χ2v) is 5.44. The fourth-order valence-electron chi connectivity index (χ4n) is 2.23. The Kier molecular flexibility index (Phi) is 3.03. The summed E-state index contributed by atoms with van der Waals surface area (Å²) in [5.41, 5.74) is 3.52. The zero-order valence-electron chi connectivity index (χ0n) is 9.30. The normalized spacial score (nSPS) is 25.1. The van der Waals surface area contributed by atoms with Crippen LogP contribution in [0.4, 0.5) is 4.39 Å². The fraction of sp³-hybridized carbons (Fsp3) is 0.500. The number of hydrogen-bond acceptors (Lipinski definition) is 2. The van der Waals surface area contributed by atoms with Gasteiger partial charge in [0.25, 0.3) is 0 Å². The predicted molar refractivity (Wildman–Crippen MR) is 63.7 cm³/mol. The number of rotatable bonds is 1. The van der Waals surface area contributed by atoms with Crippen LogP contribution in [0.25, 0.3) is 0 Å². The van der Waals surface area contributed by atoms with Gasteiger partial charge in [0.1, 0.15) is 5.82 Å². The Balaban J connectivity index is 2.52. The van der Waals surface area contributed by atoms with Crippen LogP contribution in [0.15, 0.2) is 12.1 Å². The largest absolute Gasteiger partial charge is 0.312 e. The molecular formula is C12H16FNS. The molecule has 1 aromatic carbocycles. The van der Waals surface area contributed by atoms with Crippen molar-refractivity contribution in [3.8, 4) is 0 Å². The quantitative estimate of drug-likeness (QED) is 0.788. The molecule has 0 radical (unpaired) electrons. The van der Waals surface area contributed by atoms with Gasteiger partial charge in [-0.2, -0.15) is 11.8 Å². The number of thioether (sulfide) groups is 1. The highest BCUT2D eigenvalue weighted by Crippen LogP contribution is 2.38. The predicted octanol–water partition coefficient (Wildman–Crippen LogP) is 3.03. The average molecular weight is 225 g/mol. The Bertz CT molecular complexity index is 378. The van der Waals surface area contributed by atoms with E-state index in [0.717, 1.165) is 16.9 Å². The van der Waals surface area contributed by atoms with Gasteiger partial charge in [0.15, 0.2) is 0 Å². The lowest BCUT2D eigenvalue weighted by Gasteiger charge is -2.31. The van der Waals surface area contributed by atoms with E-state index in [-0.39, 0.29) is 11.9 Å². The number of aryl methyl sites for hydroxylation is 1. The van der Waals surface area contributed by atoms with Gasteiger partial charge in [-0.25, -0.2) is 4.39 Å². The van der Waals surface area contributed by atoms with E-state index in [2.05, 4.69) is 12.2 Å². The maximum Gasteiger partial charge on any atom is 0.123 e. The van der Waals surface area contributed by atoms with Crippen molar-refractivity contribution < 1.29 is 4.39 Å². The molecule has 2 atom stereocenters. The lowest BCUT2D eigenvalue weighted by Crippen LogP contribution is -2.29. The third-order valence-corrected chi connectivity index (χ3v) is 4.33. The van der Waals surface area contributed by atoms with Crippen LogP contribution in [0.3, 0.4) is 0 Å². The second kappa shape index (κ2) is 4.14. The molecule has 82 valence electrons. The minimum Gasteiger partial charge on any atom is -0.312 e. The first kappa shape index (κ1) is 11.0. The molecule has 0 aliphatic carbocycles. The van der Waals surface area contributed by atoms with E-state index >= 15 is 0 Å². The minimum absolute atomic E-state index is 0.120. The lowest BCUT2D eigenvalue weighted by molar-refractivity contribution is 0.564. The zero-order chi connectivity index (χ0) is 11.0. The van der Waals surface area contributed by atoms with Crippen LogP contribution in [0.2, 0.25) is 0 Å². The summed E-state index contributed by atoms with van der Waals surface area (Å²) in [7, 11) is 1.94. The van der Waals surface area contributed by atoms with E-state index < -0.39 is 0 Å². The average Bonchev–Trinajstić information content (AvgIpc) is 2.17. The first-order valence-electron chi connectivity index (χ1n) is 5.21. The molecule has 0 saturated carbocycles. The maximum absolute atomic E-state index is 13.4. The molecule has 1 heterocycles. The van der Waals surface area contributed by atoms with Crippen LogP contribution >= 0.6 is 11.8 Å². The van der Waals surface area contributed by atoms with E-state index in [0.29, 0.717) is 5.25 Å². The first-order chi connectivity index (χ1) is 7.13. The highest BCUT2D eigenvalue weighted by atomic mass is 32.2. The molecule has 2 rings (SSSR count). The molecule has 15 heavy (non-hydrogen) atoms. The maximum atomic E-state index is 13.4. The smallest absolute Gasteiger partial charge is 0.123 e. The summed E-state index contributed by atoms with van der Waals surface area (Å²) in [6.07, 6.45) is 0. The van der Waals surface area contributed by atoms with Gasteiger partial charge in [-0.05, 0) is 42.8 Å². The Morgan fingerprint density at radius 3 is 2.87 bits per heavy atom. The number of fused-ring (bicyclic) bond motifs is 1. The van der Waals surface area contributed by atoms with Gasteiger partial charge in [0, 0.05) is 17.0 Å². The van der Waals surface area contributed by atoms with Crippen molar-refractivity contribution in [1.29, 1.82) is 0 Å². The topological polar surface area (TPSA) is 12.0 Å². The van der Waals surface area contributed by atoms with Gasteiger partial charge in [0.2, 0.25) is 0 Å². The molecular weight excluding hydrogens is 209 g/mol. The monoisotopic (exact) mass is 225 g/mol. The summed E-state index contributed by atoms with van der Waals surface area (Å²) in [6, 6.07) is 3.58. The molecule has 0 fully saturated rings. The zero-order valence-corrected chi connectivity index (χ0v) is 10.1. The van der Waals surface area contributed by atoms with Crippen LogP contribution in [0.1, 0.15) is 29.7 Å². The first-order valence-corrected chi connectivity index (χ1v) is 6.26. The summed E-state index contributed by atoms with van der Waals surface area (Å²) in [5.74, 6) is 0.881. The Morgan fingerprint density at radius 2 is 2.20 bits per heavy atom. The number of benzene rings is 1. The second-order valence-electron chi connectivity index (χ2n) is 4.07. The van der Waals surface area contributed by atoms with Crippen LogP contribution in [-0.4, -0.2) is 12.3 Å². The molecule has 1 nitrogen and oxygen atoms in total. The number of hydrogen-bond donors (Lipinski definition) is 1. The lowest BCUT2D eigenvalue weighted by atomic mass is 9.95. The fourth-order valence-corrected chi connectivity index (χ4v) is 3.53. The van der Waals surface area contributed by atoms with Crippen molar-refractivity contribution in [2.45, 2.75) is 30.9 Å². The minimum atomic E-state index is -0.120. The SMILES string of the molecule is CNC1c2cc(F)cc(C)c2CSC1C. The molecule has 1 N–H and O–H groups in total. The molecule has 1 aliphatic heterocycles. The van der Waals surface area contributed by atoms with Gasteiger partial charge >= 0.3 is 0 Å². The van der Waals surface area contributed by atoms with E-state index in [1.165, 1.54) is 5.56 Å². The molecule has 0 amide bonds. The third-order valence-electron chi connectivity index (χ3n) is 3.08. The summed E-state index contributed by atoms with van der Waals surface area (Å²) < 4.78 is 13.4. The van der Waals surface area contributed by atoms with Crippen molar-refractivity contribution in [1.82, 2.24) is 5.32 Å². The molecule has 0 aromatic heterocycles. The van der Waals surface area contributed by atoms with Crippen molar-refractivity contribution in [2.24, 2.45) is 0 Å². The van der Waals surface area contributed by atoms with Gasteiger partial charge in [-0.3, -0.25) is 0 Å². The van der Waals surface area contributed by atoms with Crippen LogP contribution in [0.5, 0.6) is 0 Å². The summed E-state index contributed by atoms with van der Waals surface area (Å²) in [6.45, 7) is 4.18. The Hall–Kier alpha value is -0.540. The highest BCUT2D eigenvalue weighted by Gasteiger charge is 2.27. The summed E-state index contributed by atoms with van der Waals surface area (Å²) in [4.78, 5) is 0. The summed E-state index contributed by atoms with van der Waals surface area (Å²) in [5, 5.41) is 3.78. The van der Waals surface area contributed by atoms with Gasteiger partial charge < -0.3 is 5.32 Å². The van der Waals surface area contributed by atoms with Crippen molar-refractivity contribution in [2.75, 3.05) is 7.05 Å². The molecule has 0 bridgehead atoms. The van der Waals surface area contributed by atoms with E-state index in [1.54, 1.807) is 12.1 Å². The number of nitrogens with one attached hydrogen (secondary N) is 1. The Morgan fingerprint density at radius 1 is 1.47 bits per heavy atom. The van der Waals surface area contributed by atoms with Gasteiger partial charge in [-0.1, -0.05) is 6.92 Å². The van der Waals surface area contributed by atoms with Crippen molar-refractivity contribution in [3.05, 3.63) is 34.6 Å². The highest BCUT2D eigenvalue weighted by molar-refractivity contribution is 7.99. The summed E-state index contributed by atoms with van der Waals surface area (Å²) >= 11 is 1.93. The standard InChI is InChI=1S/C12H16FNS/c1-7-4-9(13)5-10-11(7)6-15-8(2)12(10)14-3/h4-5,8,12,14H,6H2,1-3H3. The van der Waals surface area contributed by atoms with Crippen LogP contribution < -0.4 is 5.32 Å². The van der Waals surface area contributed by atoms with E-state index in [9.17, 15) is 4.39 Å². The van der Waals surface area contributed by atoms with Gasteiger partial charge in [0.05, 0.1) is 0 Å². The third kappa shape index (κ3) is 1.91. The van der Waals surface area contributed by atoms with E-state index in [4.69, 9.17) is 0 Å².